The van der Waals surface area contributed by atoms with Crippen molar-refractivity contribution in [3.8, 4) is 0 Å². The van der Waals surface area contributed by atoms with Gasteiger partial charge in [-0.15, -0.1) is 0 Å². The van der Waals surface area contributed by atoms with Gasteiger partial charge in [-0.2, -0.15) is 0 Å². The van der Waals surface area contributed by atoms with Gasteiger partial charge in [0.2, 0.25) is 0 Å². The summed E-state index contributed by atoms with van der Waals surface area (Å²) in [6, 6.07) is 0. The van der Waals surface area contributed by atoms with E-state index >= 15 is 0 Å². The molecular formula is C44H93P. The summed E-state index contributed by atoms with van der Waals surface area (Å²) in [5.74, 6) is 0. The average Bonchev–Trinajstić information content (AvgIpc) is 3.05. The Morgan fingerprint density at radius 2 is 0.356 bits per heavy atom. The minimum absolute atomic E-state index is 1.06. The van der Waals surface area contributed by atoms with E-state index in [2.05, 4.69) is 27.7 Å². The van der Waals surface area contributed by atoms with E-state index in [1.165, 1.54) is 212 Å². The van der Waals surface area contributed by atoms with Crippen molar-refractivity contribution in [1.29, 1.82) is 0 Å². The van der Waals surface area contributed by atoms with Crippen LogP contribution in [0.5, 0.6) is 0 Å². The maximum atomic E-state index is 2.60. The third kappa shape index (κ3) is 34.1. The van der Waals surface area contributed by atoms with Crippen LogP contribution < -0.4 is 0 Å². The van der Waals surface area contributed by atoms with Crippen LogP contribution in [0.15, 0.2) is 0 Å². The van der Waals surface area contributed by atoms with Gasteiger partial charge < -0.3 is 0 Å². The van der Waals surface area contributed by atoms with Crippen molar-refractivity contribution in [2.45, 2.75) is 259 Å². The molecule has 1 heteroatoms. The Labute approximate surface area is 290 Å². The molecule has 0 aromatic rings. The van der Waals surface area contributed by atoms with Crippen LogP contribution in [-0.2, 0) is 0 Å². The topological polar surface area (TPSA) is 0 Å². The molecule has 0 spiro atoms. The van der Waals surface area contributed by atoms with E-state index in [9.17, 15) is 0 Å². The zero-order valence-electron chi connectivity index (χ0n) is 32.8. The second-order valence-corrected chi connectivity index (χ2v) is 21.0. The summed E-state index contributed by atoms with van der Waals surface area (Å²) in [6.45, 7) is 9.58. The predicted octanol–water partition coefficient (Wildman–Crippen LogP) is 16.9. The molecular weight excluding hydrogens is 559 g/mol. The minimum Gasteiger partial charge on any atom is -0.0654 e. The molecule has 0 aliphatic rings. The molecule has 0 saturated carbocycles. The summed E-state index contributed by atoms with van der Waals surface area (Å²) >= 11 is 0. The van der Waals surface area contributed by atoms with Gasteiger partial charge in [-0.25, -0.2) is 0 Å². The molecule has 0 atom stereocenters. The quantitative estimate of drug-likeness (QED) is 0.0456. The monoisotopic (exact) mass is 653 g/mol. The molecule has 274 valence electrons. The Hall–Kier alpha value is 0.430. The van der Waals surface area contributed by atoms with Gasteiger partial charge in [0.15, 0.2) is 0 Å². The molecule has 0 N–H and O–H groups in total. The maximum absolute atomic E-state index is 2.60. The number of unbranched alkanes of at least 4 members (excludes halogenated alkanes) is 33. The van der Waals surface area contributed by atoms with E-state index in [0.29, 0.717) is 0 Å². The first-order valence-corrected chi connectivity index (χ1v) is 25.1. The first kappa shape index (κ1) is 45.4. The average molecular weight is 653 g/mol. The van der Waals surface area contributed by atoms with Crippen LogP contribution in [0.2, 0.25) is 0 Å². The zero-order chi connectivity index (χ0) is 32.8. The number of hydrogen-bond donors (Lipinski definition) is 0. The predicted molar refractivity (Wildman–Crippen MR) is 217 cm³/mol. The zero-order valence-corrected chi connectivity index (χ0v) is 33.8. The van der Waals surface area contributed by atoms with Crippen LogP contribution in [0.25, 0.3) is 0 Å². The molecule has 0 saturated heterocycles. The van der Waals surface area contributed by atoms with Gasteiger partial charge in [0, 0.05) is 0 Å². The molecule has 0 amide bonds. The summed E-state index contributed by atoms with van der Waals surface area (Å²) in [7, 11) is -1.06. The Morgan fingerprint density at radius 1 is 0.200 bits per heavy atom. The first-order valence-electron chi connectivity index (χ1n) is 22.2. The molecule has 0 bridgehead atoms. The second kappa shape index (κ2) is 38.9. The Bertz CT molecular complexity index is 444. The van der Waals surface area contributed by atoms with Crippen LogP contribution in [0.3, 0.4) is 0 Å². The molecule has 45 heavy (non-hydrogen) atoms. The van der Waals surface area contributed by atoms with Gasteiger partial charge in [0.05, 0.1) is 0 Å². The molecule has 0 heterocycles. The smallest absolute Gasteiger partial charge is 0.0654 e. The van der Waals surface area contributed by atoms with Gasteiger partial charge in [0.1, 0.15) is 0 Å². The third-order valence-electron chi connectivity index (χ3n) is 11.4. The van der Waals surface area contributed by atoms with Crippen molar-refractivity contribution >= 4 is 7.26 Å². The second-order valence-electron chi connectivity index (χ2n) is 15.8. The van der Waals surface area contributed by atoms with Gasteiger partial charge in [-0.05, 0) is 0 Å². The fourth-order valence-corrected chi connectivity index (χ4v) is 12.7. The fourth-order valence-electron chi connectivity index (χ4n) is 7.93. The van der Waals surface area contributed by atoms with Gasteiger partial charge in [0.25, 0.3) is 0 Å². The van der Waals surface area contributed by atoms with Crippen LogP contribution in [0.4, 0.5) is 0 Å². The van der Waals surface area contributed by atoms with Crippen LogP contribution in [0.1, 0.15) is 259 Å². The molecule has 0 fully saturated rings. The van der Waals surface area contributed by atoms with Crippen molar-refractivity contribution in [1.82, 2.24) is 0 Å². The van der Waals surface area contributed by atoms with Crippen LogP contribution in [0, 0.1) is 0 Å². The summed E-state index contributed by atoms with van der Waals surface area (Å²) in [5.41, 5.74) is 0. The van der Waals surface area contributed by atoms with Crippen molar-refractivity contribution in [3.05, 3.63) is 0 Å². The Balaban J connectivity index is 4.21. The van der Waals surface area contributed by atoms with E-state index in [1.54, 1.807) is 43.9 Å². The molecule has 0 nitrogen and oxygen atoms in total. The van der Waals surface area contributed by atoms with Crippen LogP contribution >= 0.6 is 7.26 Å². The van der Waals surface area contributed by atoms with Gasteiger partial charge >= 0.3 is 251 Å². The summed E-state index contributed by atoms with van der Waals surface area (Å²) in [6.07, 6.45) is 60.2. The van der Waals surface area contributed by atoms with Crippen molar-refractivity contribution < 1.29 is 0 Å². The molecule has 0 unspecified atom stereocenters. The van der Waals surface area contributed by atoms with Gasteiger partial charge in [-0.3, -0.25) is 0 Å². The normalized spacial score (nSPS) is 12.4. The van der Waals surface area contributed by atoms with E-state index in [1.807, 2.05) is 0 Å². The first-order chi connectivity index (χ1) is 22.2. The van der Waals surface area contributed by atoms with Gasteiger partial charge in [-0.1, -0.05) is 40.0 Å². The summed E-state index contributed by atoms with van der Waals surface area (Å²) in [4.78, 5) is 0. The summed E-state index contributed by atoms with van der Waals surface area (Å²) in [5, 5.41) is 0. The van der Waals surface area contributed by atoms with E-state index in [4.69, 9.17) is 0 Å². The summed E-state index contributed by atoms with van der Waals surface area (Å²) < 4.78 is 0. The van der Waals surface area contributed by atoms with E-state index in [0.717, 1.165) is 0 Å². The van der Waals surface area contributed by atoms with Crippen molar-refractivity contribution in [2.24, 2.45) is 0 Å². The van der Waals surface area contributed by atoms with Crippen molar-refractivity contribution in [3.63, 3.8) is 0 Å². The third-order valence-corrected chi connectivity index (χ3v) is 17.2. The number of hydrogen-bond acceptors (Lipinski definition) is 0. The SMILES string of the molecule is CCCCCCCCCCCCCC[PH](CC)(CCCCCCCCCCCCCC)CCCCCCCCCCCCCC. The number of rotatable bonds is 40. The van der Waals surface area contributed by atoms with Crippen molar-refractivity contribution in [2.75, 3.05) is 24.6 Å². The fraction of sp³-hybridized carbons (Fsp3) is 1.00. The minimum atomic E-state index is -1.06. The molecule has 0 radical (unpaired) electrons. The molecule has 0 aliphatic heterocycles. The van der Waals surface area contributed by atoms with Crippen LogP contribution in [-0.4, -0.2) is 24.6 Å². The molecule has 0 aliphatic carbocycles. The van der Waals surface area contributed by atoms with E-state index in [-0.39, 0.29) is 0 Å². The molecule has 0 rings (SSSR count). The Morgan fingerprint density at radius 3 is 0.511 bits per heavy atom. The Kier molecular flexibility index (Phi) is 39.2. The van der Waals surface area contributed by atoms with E-state index < -0.39 is 7.26 Å². The standard InChI is InChI=1S/C44H93P/c1-5-9-12-15-18-21-24-27-30-33-36-39-42-45(8-4,43-40-37-34-31-28-25-22-19-16-13-10-6-2)44-41-38-35-32-29-26-23-20-17-14-11-7-3/h45H,5-44H2,1-4H3. The molecule has 0 aromatic carbocycles. The molecule has 0 aromatic heterocycles.